The van der Waals surface area contributed by atoms with Crippen LogP contribution in [-0.4, -0.2) is 65.3 Å². The van der Waals surface area contributed by atoms with Gasteiger partial charge in [0.05, 0.1) is 0 Å². The molecule has 11 nitrogen and oxygen atoms in total. The average molecular weight is 832 g/mol. The average Bonchev–Trinajstić information content (AvgIpc) is 3.52. The number of rotatable bonds is 30. The Morgan fingerprint density at radius 1 is 0.750 bits per heavy atom. The number of esters is 1. The monoisotopic (exact) mass is 832 g/mol. The van der Waals surface area contributed by atoms with E-state index in [1.54, 1.807) is 20.8 Å². The molecule has 0 unspecified atom stereocenters. The minimum Gasteiger partial charge on any atom is -0.479 e. The van der Waals surface area contributed by atoms with E-state index in [0.29, 0.717) is 19.3 Å². The molecule has 4 N–H and O–H groups in total. The largest absolute Gasteiger partial charge is 0.479 e. The lowest BCUT2D eigenvalue weighted by atomic mass is 9.89. The van der Waals surface area contributed by atoms with E-state index in [1.165, 1.54) is 70.3 Å². The smallest absolute Gasteiger partial charge is 0.408 e. The number of alkyl carbamates (subject to hydrolysis) is 1. The van der Waals surface area contributed by atoms with Gasteiger partial charge in [-0.2, -0.15) is 0 Å². The number of amides is 3. The standard InChI is InChI=1S/C49H73N3O8/c1-6-8-9-10-11-12-13-14-15-16-17-18-19-30-44(54)51-42(45(55)60-48(3,4)5)31-32-43(53)50-35-25-24-34-49(33-7-2,46(56)57)52-47(58)59-36-41-39-28-22-20-26-37(39)38-27-21-23-29-40(38)41/h7,20-23,26-29,41-42H,2,6,8-19,24-25,30-36H2,1,3-5H3,(H,50,53)(H,51,54)(H,52,58)(H,56,57)/t42-,49-/m0/s1. The van der Waals surface area contributed by atoms with Crippen LogP contribution in [0, 0.1) is 0 Å². The topological polar surface area (TPSA) is 160 Å². The summed E-state index contributed by atoms with van der Waals surface area (Å²) in [6.45, 7) is 11.5. The van der Waals surface area contributed by atoms with E-state index in [2.05, 4.69) is 29.5 Å². The summed E-state index contributed by atoms with van der Waals surface area (Å²) in [5, 5.41) is 18.5. The number of benzene rings is 2. The molecule has 1 aliphatic carbocycles. The Morgan fingerprint density at radius 3 is 1.83 bits per heavy atom. The summed E-state index contributed by atoms with van der Waals surface area (Å²) in [6, 6.07) is 15.0. The molecule has 0 saturated heterocycles. The van der Waals surface area contributed by atoms with Crippen LogP contribution in [0.5, 0.6) is 0 Å². The van der Waals surface area contributed by atoms with Crippen LogP contribution in [0.2, 0.25) is 0 Å². The number of aliphatic carboxylic acids is 1. The van der Waals surface area contributed by atoms with Crippen molar-refractivity contribution in [3.05, 3.63) is 72.3 Å². The molecule has 2 atom stereocenters. The Morgan fingerprint density at radius 2 is 1.30 bits per heavy atom. The number of carboxylic acid groups (broad SMARTS) is 1. The first-order valence-corrected chi connectivity index (χ1v) is 22.6. The number of hydrogen-bond acceptors (Lipinski definition) is 7. The van der Waals surface area contributed by atoms with E-state index in [9.17, 15) is 29.1 Å². The molecule has 2 aromatic carbocycles. The van der Waals surface area contributed by atoms with Crippen molar-refractivity contribution in [3.8, 4) is 11.1 Å². The van der Waals surface area contributed by atoms with Gasteiger partial charge in [0.15, 0.2) is 0 Å². The maximum absolute atomic E-state index is 13.1. The summed E-state index contributed by atoms with van der Waals surface area (Å²) in [4.78, 5) is 64.4. The number of carbonyl (C=O) groups is 5. The third-order valence-electron chi connectivity index (χ3n) is 11.1. The normalized spacial score (nSPS) is 13.6. The second-order valence-corrected chi connectivity index (χ2v) is 17.3. The molecule has 0 spiro atoms. The number of unbranched alkanes of at least 4 members (excludes halogenated alkanes) is 13. The highest BCUT2D eigenvalue weighted by molar-refractivity contribution is 5.86. The van der Waals surface area contributed by atoms with Crippen molar-refractivity contribution >= 4 is 29.8 Å². The fourth-order valence-electron chi connectivity index (χ4n) is 7.87. The first-order chi connectivity index (χ1) is 28.8. The van der Waals surface area contributed by atoms with Crippen molar-refractivity contribution in [1.29, 1.82) is 0 Å². The van der Waals surface area contributed by atoms with Gasteiger partial charge < -0.3 is 30.5 Å². The van der Waals surface area contributed by atoms with Gasteiger partial charge in [0, 0.05) is 25.3 Å². The van der Waals surface area contributed by atoms with E-state index < -0.39 is 35.2 Å². The summed E-state index contributed by atoms with van der Waals surface area (Å²) < 4.78 is 11.2. The summed E-state index contributed by atoms with van der Waals surface area (Å²) in [5.41, 5.74) is 1.88. The van der Waals surface area contributed by atoms with Crippen molar-refractivity contribution < 1.29 is 38.6 Å². The third kappa shape index (κ3) is 17.5. The Hall–Kier alpha value is -4.67. The molecule has 3 rings (SSSR count). The molecule has 0 aromatic heterocycles. The van der Waals surface area contributed by atoms with E-state index >= 15 is 0 Å². The zero-order valence-electron chi connectivity index (χ0n) is 36.9. The summed E-state index contributed by atoms with van der Waals surface area (Å²) in [7, 11) is 0. The predicted molar refractivity (Wildman–Crippen MR) is 238 cm³/mol. The Bertz CT molecular complexity index is 1620. The van der Waals surface area contributed by atoms with Gasteiger partial charge in [-0.05, 0) is 81.5 Å². The van der Waals surface area contributed by atoms with Crippen molar-refractivity contribution in [1.82, 2.24) is 16.0 Å². The Kier molecular flexibility index (Phi) is 22.0. The van der Waals surface area contributed by atoms with E-state index in [1.807, 2.05) is 48.5 Å². The SMILES string of the molecule is C=CC[C@@](CCCCNC(=O)CC[C@H](NC(=O)CCCCCCCCCCCCCCC)C(=O)OC(C)(C)C)(NC(=O)OCC1c2ccccc2-c2ccccc21)C(=O)O. The van der Waals surface area contributed by atoms with E-state index in [4.69, 9.17) is 9.47 Å². The molecule has 2 aromatic rings. The molecule has 0 radical (unpaired) electrons. The lowest BCUT2D eigenvalue weighted by Gasteiger charge is -2.29. The van der Waals surface area contributed by atoms with Crippen LogP contribution < -0.4 is 16.0 Å². The first-order valence-electron chi connectivity index (χ1n) is 22.6. The number of hydrogen-bond donors (Lipinski definition) is 4. The van der Waals surface area contributed by atoms with Crippen LogP contribution in [0.4, 0.5) is 4.79 Å². The highest BCUT2D eigenvalue weighted by atomic mass is 16.6. The highest BCUT2D eigenvalue weighted by Crippen LogP contribution is 2.44. The Labute approximate surface area is 359 Å². The Balaban J connectivity index is 1.39. The van der Waals surface area contributed by atoms with Crippen molar-refractivity contribution in [3.63, 3.8) is 0 Å². The zero-order valence-corrected chi connectivity index (χ0v) is 36.9. The van der Waals surface area contributed by atoms with Gasteiger partial charge in [0.25, 0.3) is 0 Å². The van der Waals surface area contributed by atoms with Gasteiger partial charge in [-0.15, -0.1) is 6.58 Å². The second kappa shape index (κ2) is 26.5. The van der Waals surface area contributed by atoms with Crippen LogP contribution in [0.1, 0.15) is 173 Å². The second-order valence-electron chi connectivity index (χ2n) is 17.3. The van der Waals surface area contributed by atoms with Crippen LogP contribution in [-0.2, 0) is 28.7 Å². The molecule has 0 saturated carbocycles. The van der Waals surface area contributed by atoms with Gasteiger partial charge in [-0.25, -0.2) is 14.4 Å². The van der Waals surface area contributed by atoms with Crippen LogP contribution in [0.3, 0.4) is 0 Å². The minimum atomic E-state index is -1.64. The molecule has 0 fully saturated rings. The molecular weight excluding hydrogens is 759 g/mol. The molecular formula is C49H73N3O8. The summed E-state index contributed by atoms with van der Waals surface area (Å²) in [6.07, 6.45) is 17.6. The number of nitrogens with one attached hydrogen (secondary N) is 3. The lowest BCUT2D eigenvalue weighted by molar-refractivity contribution is -0.159. The number of carbonyl (C=O) groups excluding carboxylic acids is 4. The van der Waals surface area contributed by atoms with Crippen molar-refractivity contribution in [2.24, 2.45) is 0 Å². The van der Waals surface area contributed by atoms with E-state index in [-0.39, 0.29) is 56.6 Å². The lowest BCUT2D eigenvalue weighted by Crippen LogP contribution is -2.54. The quantitative estimate of drug-likeness (QED) is 0.0344. The van der Waals surface area contributed by atoms with Gasteiger partial charge in [-0.3, -0.25) is 9.59 Å². The van der Waals surface area contributed by atoms with Crippen molar-refractivity contribution in [2.75, 3.05) is 13.2 Å². The van der Waals surface area contributed by atoms with Crippen LogP contribution in [0.15, 0.2) is 61.2 Å². The molecule has 11 heteroatoms. The van der Waals surface area contributed by atoms with Gasteiger partial charge in [0.2, 0.25) is 11.8 Å². The van der Waals surface area contributed by atoms with Gasteiger partial charge in [0.1, 0.15) is 23.8 Å². The number of fused-ring (bicyclic) bond motifs is 3. The molecule has 0 bridgehead atoms. The first kappa shape index (κ1) is 49.7. The van der Waals surface area contributed by atoms with Gasteiger partial charge in [-0.1, -0.05) is 139 Å². The number of ether oxygens (including phenoxy) is 2. The number of carboxylic acids is 1. The van der Waals surface area contributed by atoms with Crippen LogP contribution in [0.25, 0.3) is 11.1 Å². The molecule has 332 valence electrons. The molecule has 0 aliphatic heterocycles. The summed E-state index contributed by atoms with van der Waals surface area (Å²) in [5.74, 6) is -2.49. The fraction of sp³-hybridized carbons (Fsp3) is 0.612. The molecule has 1 aliphatic rings. The highest BCUT2D eigenvalue weighted by Gasteiger charge is 2.39. The molecule has 60 heavy (non-hydrogen) atoms. The maximum atomic E-state index is 13.1. The zero-order chi connectivity index (χ0) is 43.8. The predicted octanol–water partition coefficient (Wildman–Crippen LogP) is 10.3. The molecule has 3 amide bonds. The van der Waals surface area contributed by atoms with Crippen LogP contribution >= 0.6 is 0 Å². The third-order valence-corrected chi connectivity index (χ3v) is 11.1. The van der Waals surface area contributed by atoms with Gasteiger partial charge >= 0.3 is 18.0 Å². The maximum Gasteiger partial charge on any atom is 0.408 e. The van der Waals surface area contributed by atoms with E-state index in [0.717, 1.165) is 41.5 Å². The molecule has 0 heterocycles. The minimum absolute atomic E-state index is 0.0121. The fourth-order valence-corrected chi connectivity index (χ4v) is 7.87. The summed E-state index contributed by atoms with van der Waals surface area (Å²) >= 11 is 0. The van der Waals surface area contributed by atoms with Crippen molar-refractivity contribution in [2.45, 2.75) is 179 Å².